The first-order valence-corrected chi connectivity index (χ1v) is 36.8. The van der Waals surface area contributed by atoms with Gasteiger partial charge in [0.15, 0.2) is 45.7 Å². The smallest absolute Gasteiger partial charge is 0.338 e. The number of aromatic carboxylic acids is 1. The molecule has 0 radical (unpaired) electrons. The molecule has 0 fully saturated rings. The highest BCUT2D eigenvalue weighted by atomic mass is 16.6. The molecule has 592 valence electrons. The number of nitrogens with two attached hydrogens (primary N) is 1. The summed E-state index contributed by atoms with van der Waals surface area (Å²) < 4.78 is 22.3. The van der Waals surface area contributed by atoms with Crippen molar-refractivity contribution in [2.24, 2.45) is 5.92 Å². The third kappa shape index (κ3) is 19.4. The van der Waals surface area contributed by atoms with Gasteiger partial charge in [0, 0.05) is 75.7 Å². The number of hydrogen-bond donors (Lipinski definition) is 11. The van der Waals surface area contributed by atoms with E-state index in [0.717, 1.165) is 39.9 Å². The molecule has 30 nitrogen and oxygen atoms in total. The number of rotatable bonds is 33. The van der Waals surface area contributed by atoms with Gasteiger partial charge in [-0.3, -0.25) is 43.5 Å². The number of phenolic OH excluding ortho intramolecular Hbond substituents is 1. The van der Waals surface area contributed by atoms with Crippen LogP contribution in [-0.4, -0.2) is 146 Å². The summed E-state index contributed by atoms with van der Waals surface area (Å²) in [4.78, 5) is 167. The predicted molar refractivity (Wildman–Crippen MR) is 429 cm³/mol. The number of carboxylic acid groups (broad SMARTS) is 3. The second-order valence-corrected chi connectivity index (χ2v) is 27.5. The highest BCUT2D eigenvalue weighted by molar-refractivity contribution is 6.13. The van der Waals surface area contributed by atoms with Crippen LogP contribution in [0.15, 0.2) is 139 Å². The summed E-state index contributed by atoms with van der Waals surface area (Å²) in [5, 5.41) is 50.1. The monoisotopic (exact) mass is 1560 g/mol. The summed E-state index contributed by atoms with van der Waals surface area (Å²) in [7, 11) is 2.66. The Labute approximate surface area is 657 Å². The highest BCUT2D eigenvalue weighted by Gasteiger charge is 2.35. The summed E-state index contributed by atoms with van der Waals surface area (Å²) in [5.74, 6) is -11.4. The molecule has 2 amide bonds. The van der Waals surface area contributed by atoms with E-state index in [1.807, 2.05) is 39.8 Å². The van der Waals surface area contributed by atoms with Crippen LogP contribution in [0, 0.1) is 19.8 Å². The van der Waals surface area contributed by atoms with Crippen molar-refractivity contribution in [2.45, 2.75) is 116 Å². The first-order chi connectivity index (χ1) is 55.1. The number of carbonyl (C=O) groups excluding carboxylic acids is 6. The number of aromatic hydroxyl groups is 1. The molecular formula is C85H84N12O18. The van der Waals surface area contributed by atoms with E-state index in [4.69, 9.17) is 34.6 Å². The van der Waals surface area contributed by atoms with E-state index in [1.54, 1.807) is 61.5 Å². The van der Waals surface area contributed by atoms with Crippen LogP contribution in [0.1, 0.15) is 159 Å². The lowest BCUT2D eigenvalue weighted by atomic mass is 9.85. The number of fused-ring (bicyclic) bond motifs is 9. The van der Waals surface area contributed by atoms with Crippen LogP contribution in [0.4, 0.5) is 11.6 Å². The number of aromatic amines is 3. The number of amides is 2. The van der Waals surface area contributed by atoms with Crippen LogP contribution < -0.4 is 41.5 Å². The lowest BCUT2D eigenvalue weighted by molar-refractivity contribution is -0.146. The fourth-order valence-electron chi connectivity index (χ4n) is 13.8. The van der Waals surface area contributed by atoms with E-state index in [-0.39, 0.29) is 100 Å². The number of anilines is 2. The number of aryl methyl sites for hydroxylation is 2. The van der Waals surface area contributed by atoms with E-state index in [1.165, 1.54) is 81.1 Å². The SMILES string of the molecule is C=Cc1c(C)c2cc3nc(c(CC(=O)O)c4[nH]c(cc5nc(cc1[nH]2)C(C)=C5CC)c(C)c4C(=O)O)[C@@H](CCC(=O)N[C@@H](Cc1ccccc1)C(=O)Oc1ccc(/C=C/C(=O)C(CCOC(=O)CCC(NC(=O)c2ccc(NCc4cnc5nc(N)[nH]c(=O)c5n4)cc2)C(=O)O)C(=O)/C=C/c2ccc(O)c(OC)c2)cc1OC)C3C. The summed E-state index contributed by atoms with van der Waals surface area (Å²) in [5.41, 5.74) is 15.4. The number of nitrogens with zero attached hydrogens (tertiary/aromatic N) is 5. The van der Waals surface area contributed by atoms with Crippen LogP contribution in [0.3, 0.4) is 0 Å². The van der Waals surface area contributed by atoms with Crippen molar-refractivity contribution in [3.05, 3.63) is 223 Å². The molecule has 3 unspecified atom stereocenters. The molecule has 9 aromatic rings. The molecule has 5 atom stereocenters. The molecular weight excluding hydrogens is 1480 g/mol. The Kier molecular flexibility index (Phi) is 25.8. The number of aromatic nitrogens is 8. The van der Waals surface area contributed by atoms with Gasteiger partial charge in [0.25, 0.3) is 11.5 Å². The van der Waals surface area contributed by atoms with Gasteiger partial charge in [0.2, 0.25) is 11.9 Å². The minimum absolute atomic E-state index is 0.00691. The molecule has 0 aliphatic carbocycles. The Hall–Kier alpha value is -14.2. The molecule has 8 bridgehead atoms. The second-order valence-electron chi connectivity index (χ2n) is 27.5. The lowest BCUT2D eigenvalue weighted by Crippen LogP contribution is -2.44. The second kappa shape index (κ2) is 36.3. The van der Waals surface area contributed by atoms with Crippen molar-refractivity contribution in [3.8, 4) is 23.0 Å². The zero-order chi connectivity index (χ0) is 82.5. The number of methoxy groups -OCH3 is 2. The Balaban J connectivity index is 0.775. The average molecular weight is 1560 g/mol. The molecule has 4 aromatic carbocycles. The van der Waals surface area contributed by atoms with Crippen LogP contribution >= 0.6 is 0 Å². The molecule has 0 saturated carbocycles. The lowest BCUT2D eigenvalue weighted by Gasteiger charge is -2.21. The minimum atomic E-state index is -1.54. The Morgan fingerprint density at radius 3 is 2.08 bits per heavy atom. The molecule has 0 saturated heterocycles. The molecule has 2 aliphatic rings. The van der Waals surface area contributed by atoms with E-state index >= 15 is 0 Å². The quantitative estimate of drug-likeness (QED) is 0.00787. The molecule has 0 spiro atoms. The molecule has 11 rings (SSSR count). The topological polar surface area (TPSA) is 462 Å². The first kappa shape index (κ1) is 81.8. The van der Waals surface area contributed by atoms with Crippen molar-refractivity contribution in [3.63, 3.8) is 0 Å². The van der Waals surface area contributed by atoms with Crippen molar-refractivity contribution in [1.82, 2.24) is 50.5 Å². The summed E-state index contributed by atoms with van der Waals surface area (Å²) in [6, 6.07) is 26.3. The summed E-state index contributed by atoms with van der Waals surface area (Å²) >= 11 is 0. The normalized spacial score (nSPS) is 14.0. The zero-order valence-corrected chi connectivity index (χ0v) is 63.8. The van der Waals surface area contributed by atoms with Crippen molar-refractivity contribution in [2.75, 3.05) is 31.9 Å². The molecule has 115 heavy (non-hydrogen) atoms. The number of esters is 2. The number of phenols is 1. The number of ketones is 2. The molecule has 2 aliphatic heterocycles. The number of nitrogen functional groups attached to an aromatic ring is 1. The molecule has 30 heteroatoms. The third-order valence-electron chi connectivity index (χ3n) is 20.0. The highest BCUT2D eigenvalue weighted by Crippen LogP contribution is 2.44. The van der Waals surface area contributed by atoms with E-state index in [0.29, 0.717) is 68.2 Å². The maximum absolute atomic E-state index is 14.6. The van der Waals surface area contributed by atoms with Crippen molar-refractivity contribution >= 4 is 127 Å². The first-order valence-electron chi connectivity index (χ1n) is 36.8. The Bertz CT molecular complexity index is 5700. The van der Waals surface area contributed by atoms with Crippen LogP contribution in [0.5, 0.6) is 23.0 Å². The van der Waals surface area contributed by atoms with E-state index in [2.05, 4.69) is 52.4 Å². The fraction of sp³-hybridized carbons (Fsp3) is 0.259. The standard InChI is InChI=1S/C85H84N12O18/c1-9-53-43(3)59-38-61-45(5)55(76(93-61)57(37-73(102)103)77-75(83(109)110)46(6)62(94-77)40-64-54(10-2)44(4)60(91-64)39-63(53)90-59)24-30-72(101)92-65(34-47-14-12-11-13-15-47)84(111)115-69-29-19-49(36-71(69)113-8)17-27-67(99)56(66(98)26-16-48-18-28-68(100)70(35-48)112-7)32-33-114-74(104)31-25-58(82(107)108)95-80(105)50-20-22-51(23-21-50)87-41-52-42-88-79-78(89-52)81(106)97-85(86)96-79/h9,11-23,26-29,35-36,38-40,42,45,55-56,58,65,87,90,94,100H,1,10,24-25,30-34,37,41H2,2-8H3,(H,92,101)(H,95,105)(H,102,103)(H,107,108)(H,109,110)(H3,86,88,96,97,106)/b26-16+,27-17+,59-38?,60-39?,61-38?,62-40?,63-39?,64-40?,76-57?,77-57?/t45?,55-,56?,58?,65-/m0/s1. The van der Waals surface area contributed by atoms with Gasteiger partial charge in [-0.15, -0.1) is 0 Å². The number of hydrogen-bond acceptors (Lipinski definition) is 22. The van der Waals surface area contributed by atoms with Crippen LogP contribution in [0.2, 0.25) is 0 Å². The summed E-state index contributed by atoms with van der Waals surface area (Å²) in [6.07, 6.45) is 6.73. The molecule has 7 heterocycles. The number of allylic oxidation sites excluding steroid dienone is 4. The fourth-order valence-corrected chi connectivity index (χ4v) is 13.8. The Morgan fingerprint density at radius 2 is 1.41 bits per heavy atom. The number of H-pyrrole nitrogens is 3. The maximum atomic E-state index is 14.6. The van der Waals surface area contributed by atoms with Gasteiger partial charge in [-0.05, 0) is 164 Å². The minimum Gasteiger partial charge on any atom is -0.504 e. The average Bonchev–Trinajstić information content (AvgIpc) is 1.60. The zero-order valence-electron chi connectivity index (χ0n) is 63.8. The third-order valence-corrected chi connectivity index (χ3v) is 20.0. The van der Waals surface area contributed by atoms with Gasteiger partial charge in [0.05, 0.1) is 79.8 Å². The number of ether oxygens (including phenoxy) is 4. The number of carboxylic acids is 3. The molecule has 12 N–H and O–H groups in total. The van der Waals surface area contributed by atoms with E-state index < -0.39 is 114 Å². The number of benzene rings is 4. The van der Waals surface area contributed by atoms with Gasteiger partial charge >= 0.3 is 29.8 Å². The predicted octanol–water partition coefficient (Wildman–Crippen LogP) is 11.3. The van der Waals surface area contributed by atoms with Gasteiger partial charge in [0.1, 0.15) is 12.1 Å². The van der Waals surface area contributed by atoms with E-state index in [9.17, 15) is 68.4 Å². The van der Waals surface area contributed by atoms with Gasteiger partial charge in [-0.1, -0.05) is 81.1 Å². The van der Waals surface area contributed by atoms with Crippen molar-refractivity contribution < 1.29 is 82.5 Å². The van der Waals surface area contributed by atoms with Crippen LogP contribution in [-0.2, 0) is 57.7 Å². The van der Waals surface area contributed by atoms with Crippen LogP contribution in [0.25, 0.3) is 62.6 Å². The largest absolute Gasteiger partial charge is 0.504 e. The maximum Gasteiger partial charge on any atom is 0.338 e. The Morgan fingerprint density at radius 1 is 0.722 bits per heavy atom. The van der Waals surface area contributed by atoms with Gasteiger partial charge in [-0.25, -0.2) is 29.3 Å². The van der Waals surface area contributed by atoms with Gasteiger partial charge < -0.3 is 71.0 Å². The number of aliphatic carboxylic acids is 2. The number of carbonyl (C=O) groups is 9. The summed E-state index contributed by atoms with van der Waals surface area (Å²) in [6.45, 7) is 13.2. The van der Waals surface area contributed by atoms with Crippen molar-refractivity contribution in [1.29, 1.82) is 0 Å². The molecule has 5 aromatic heterocycles. The number of nitrogens with one attached hydrogen (secondary N) is 6. The van der Waals surface area contributed by atoms with Gasteiger partial charge in [-0.2, -0.15) is 4.98 Å².